The Labute approximate surface area is 690 Å². The normalized spacial score (nSPS) is 21.0. The lowest BCUT2D eigenvalue weighted by Crippen LogP contribution is -2.47. The van der Waals surface area contributed by atoms with Crippen LogP contribution in [0.2, 0.25) is 0 Å². The van der Waals surface area contributed by atoms with Crippen molar-refractivity contribution in [3.8, 4) is 0 Å². The molecule has 0 radical (unpaired) electrons. The molecule has 3 aliphatic rings. The van der Waals surface area contributed by atoms with E-state index in [0.717, 1.165) is 22.3 Å². The molecule has 120 heavy (non-hydrogen) atoms. The van der Waals surface area contributed by atoms with Gasteiger partial charge in [-0.25, -0.2) is 59.2 Å². The van der Waals surface area contributed by atoms with E-state index in [9.17, 15) is 69.0 Å². The molecular formula is C77H99N21O21S. The second-order valence-electron chi connectivity index (χ2n) is 29.0. The molecule has 6 amide bonds. The second-order valence-corrected chi connectivity index (χ2v) is 30.0. The first kappa shape index (κ1) is 90.4. The summed E-state index contributed by atoms with van der Waals surface area (Å²) in [6.45, 7) is 9.64. The Morgan fingerprint density at radius 1 is 0.508 bits per heavy atom. The number of amides is 6. The van der Waals surface area contributed by atoms with Gasteiger partial charge in [0.1, 0.15) is 99.8 Å². The number of thioether (sulfide) groups is 1. The van der Waals surface area contributed by atoms with Crippen molar-refractivity contribution < 1.29 is 103 Å². The molecule has 12 rings (SSSR count). The van der Waals surface area contributed by atoms with Gasteiger partial charge in [0.2, 0.25) is 17.7 Å². The summed E-state index contributed by atoms with van der Waals surface area (Å²) in [4.78, 5) is 133. The molecular weight excluding hydrogens is 1590 g/mol. The van der Waals surface area contributed by atoms with Crippen molar-refractivity contribution in [2.75, 3.05) is 67.4 Å². The molecule has 3 aromatic carbocycles. The topological polar surface area (TPSA) is 601 Å². The highest BCUT2D eigenvalue weighted by molar-refractivity contribution is 7.98. The minimum absolute atomic E-state index is 0.0792. The van der Waals surface area contributed by atoms with E-state index in [4.69, 9.17) is 45.0 Å². The highest BCUT2D eigenvalue weighted by Crippen LogP contribution is 2.36. The first-order valence-corrected chi connectivity index (χ1v) is 39.7. The van der Waals surface area contributed by atoms with E-state index in [1.54, 1.807) is 0 Å². The monoisotopic (exact) mass is 1690 g/mol. The molecule has 0 aliphatic carbocycles. The van der Waals surface area contributed by atoms with Gasteiger partial charge in [-0.15, -0.1) is 0 Å². The summed E-state index contributed by atoms with van der Waals surface area (Å²) in [5.74, 6) is -1.73. The Morgan fingerprint density at radius 3 is 1.22 bits per heavy atom. The fraction of sp³-hybridized carbons (Fsp3) is 0.468. The van der Waals surface area contributed by atoms with E-state index >= 15 is 0 Å². The molecule has 644 valence electrons. The molecule has 3 fully saturated rings. The third-order valence-electron chi connectivity index (χ3n) is 19.3. The van der Waals surface area contributed by atoms with Gasteiger partial charge in [-0.3, -0.25) is 37.7 Å². The van der Waals surface area contributed by atoms with Crippen molar-refractivity contribution in [3.63, 3.8) is 0 Å². The zero-order valence-corrected chi connectivity index (χ0v) is 67.3. The van der Waals surface area contributed by atoms with Crippen LogP contribution in [0.4, 0.5) is 31.8 Å². The number of aliphatic hydroxyl groups is 6. The Kier molecular flexibility index (Phi) is 32.5. The van der Waals surface area contributed by atoms with E-state index in [-0.39, 0.29) is 51.5 Å². The van der Waals surface area contributed by atoms with E-state index in [2.05, 4.69) is 82.1 Å². The Morgan fingerprint density at radius 2 is 0.875 bits per heavy atom. The Bertz CT molecular complexity index is 4950. The van der Waals surface area contributed by atoms with Gasteiger partial charge in [-0.1, -0.05) is 103 Å². The van der Waals surface area contributed by atoms with Gasteiger partial charge >= 0.3 is 24.2 Å². The molecule has 42 nitrogen and oxygen atoms in total. The molecule has 18 N–H and O–H groups in total. The van der Waals surface area contributed by atoms with E-state index in [1.807, 2.05) is 114 Å². The number of fused-ring (bicyclic) bond motifs is 3. The SMILES string of the molecule is CSCC[C@H](NC(=O)[C@@H](CC(=O)CNC(=O)OC[C@H]1O[C@@H](n2cnc3c(NCc4ccc(C)cc4)ncnc32)[C@@H](O)C1O)CC(C)C)C(N)=O.Cc1ccc(CNc2ncnc3c2ncn3[C@@H]2O[C@H](COC(=O)NCC(N)=O)C(O)[C@@H]2O)cc1.Cc1ccc(CNc2ncnc3c2ncn3[C@@H]2O[C@H](COC(=O)NCCCC(=O)O)C(O)[C@@H]2O)cc1. The first-order valence-electron chi connectivity index (χ1n) is 38.3. The van der Waals surface area contributed by atoms with Crippen LogP contribution in [0.1, 0.15) is 98.0 Å². The van der Waals surface area contributed by atoms with E-state index in [0.29, 0.717) is 89.2 Å². The minimum atomic E-state index is -1.41. The summed E-state index contributed by atoms with van der Waals surface area (Å²) in [6.07, 6.45) is -6.00. The molecule has 3 unspecified atom stereocenters. The highest BCUT2D eigenvalue weighted by atomic mass is 32.2. The number of carboxylic acids is 1. The summed E-state index contributed by atoms with van der Waals surface area (Å²) in [5, 5.41) is 91.4. The number of ether oxygens (including phenoxy) is 6. The predicted octanol–water partition coefficient (Wildman–Crippen LogP) is 1.97. The fourth-order valence-electron chi connectivity index (χ4n) is 12.9. The van der Waals surface area contributed by atoms with Crippen LogP contribution in [0.3, 0.4) is 0 Å². The minimum Gasteiger partial charge on any atom is -0.481 e. The number of carbonyl (C=O) groups excluding carboxylic acids is 7. The summed E-state index contributed by atoms with van der Waals surface area (Å²) in [5.41, 5.74) is 19.6. The van der Waals surface area contributed by atoms with Crippen molar-refractivity contribution in [2.24, 2.45) is 23.3 Å². The number of carbonyl (C=O) groups is 8. The van der Waals surface area contributed by atoms with Crippen LogP contribution < -0.4 is 48.7 Å². The van der Waals surface area contributed by atoms with Crippen LogP contribution >= 0.6 is 11.8 Å². The van der Waals surface area contributed by atoms with Gasteiger partial charge in [0.15, 0.2) is 75.4 Å². The number of aliphatic carboxylic acids is 1. The summed E-state index contributed by atoms with van der Waals surface area (Å²) < 4.78 is 37.0. The van der Waals surface area contributed by atoms with Crippen molar-refractivity contribution in [1.82, 2.24) is 79.8 Å². The van der Waals surface area contributed by atoms with E-state index < -0.39 is 146 Å². The lowest BCUT2D eigenvalue weighted by molar-refractivity contribution is -0.137. The standard InChI is InChI=1S/C33H46N8O8S.C23H28N6O7.C21H25N7O6/c1-18(2)11-21(31(46)40-23(28(34)45)9-10-50-4)12-22(42)14-36-33(47)48-15-24-26(43)27(44)32(49-24)41-17-39-25-29(37-16-38-30(25)41)35-13-20-7-5-19(3)6-8-20;1-13-4-6-14(7-5-13)9-25-20-17-21(27-11-26-20)29(12-28-17)22-19(33)18(32)15(36-22)10-35-23(34)24-8-2-3-16(30)31;1-11-2-4-12(5-3-11)6-23-18-15-19(26-9-25-18)28(10-27-15)20-17(31)16(30)13(34-20)8-33-21(32)24-7-14(22)29/h5-8,16-18,21,23-24,26-27,32,43-44H,9-15H2,1-4H3,(H2,34,45)(H,36,47)(H,40,46)(H,35,37,38);4-7,11-12,15,18-19,22,32-33H,2-3,8-10H2,1H3,(H,24,34)(H,30,31)(H,25,26,27);2-5,9-10,13,16-17,20,30-31H,6-8H2,1H3,(H2,22,29)(H,24,32)(H,23,25,26)/t21-,23+,24-,26?,27+,32-;15-,18?,19+,22-;13-,16?,17+,20-/m111/s1. The number of aromatic nitrogens is 12. The number of carboxylic acid groups (broad SMARTS) is 1. The van der Waals surface area contributed by atoms with Gasteiger partial charge in [0.25, 0.3) is 0 Å². The number of nitrogens with two attached hydrogens (primary N) is 2. The number of aryl methyl sites for hydroxylation is 3. The maximum atomic E-state index is 13.0. The number of rotatable bonds is 36. The molecule has 9 heterocycles. The lowest BCUT2D eigenvalue weighted by Gasteiger charge is -2.22. The first-order chi connectivity index (χ1) is 57.5. The van der Waals surface area contributed by atoms with E-state index in [1.165, 1.54) is 74.6 Å². The molecule has 0 saturated carbocycles. The van der Waals surface area contributed by atoms with Crippen LogP contribution in [-0.4, -0.2) is 254 Å². The van der Waals surface area contributed by atoms with Gasteiger partial charge in [-0.05, 0) is 74.7 Å². The molecule has 3 aliphatic heterocycles. The smallest absolute Gasteiger partial charge is 0.407 e. The zero-order chi connectivity index (χ0) is 86.3. The van der Waals surface area contributed by atoms with Gasteiger partial charge < -0.3 is 113 Å². The maximum Gasteiger partial charge on any atom is 0.407 e. The predicted molar refractivity (Wildman–Crippen MR) is 430 cm³/mol. The summed E-state index contributed by atoms with van der Waals surface area (Å²) in [7, 11) is 0. The second kappa shape index (κ2) is 43.2. The van der Waals surface area contributed by atoms with Crippen molar-refractivity contribution in [1.29, 1.82) is 0 Å². The third kappa shape index (κ3) is 24.6. The summed E-state index contributed by atoms with van der Waals surface area (Å²) >= 11 is 1.52. The van der Waals surface area contributed by atoms with Crippen molar-refractivity contribution in [3.05, 3.63) is 144 Å². The van der Waals surface area contributed by atoms with Gasteiger partial charge in [-0.2, -0.15) is 11.8 Å². The third-order valence-corrected chi connectivity index (χ3v) is 20.0. The van der Waals surface area contributed by atoms with Crippen LogP contribution in [0.15, 0.2) is 111 Å². The molecule has 3 saturated heterocycles. The van der Waals surface area contributed by atoms with Gasteiger partial charge in [0.05, 0.1) is 32.1 Å². The number of nitrogens with zero attached hydrogens (tertiary/aromatic N) is 12. The Hall–Kier alpha value is -11.9. The van der Waals surface area contributed by atoms with Gasteiger partial charge in [0, 0.05) is 44.9 Å². The number of benzene rings is 3. The lowest BCUT2D eigenvalue weighted by atomic mass is 9.91. The Balaban J connectivity index is 0.000000194. The van der Waals surface area contributed by atoms with Crippen LogP contribution in [0.5, 0.6) is 0 Å². The number of imidazole rings is 3. The zero-order valence-electron chi connectivity index (χ0n) is 66.4. The molecule has 9 aromatic rings. The molecule has 0 spiro atoms. The molecule has 14 atom stereocenters. The van der Waals surface area contributed by atoms with Crippen LogP contribution in [0, 0.1) is 32.6 Å². The van der Waals surface area contributed by atoms with Crippen LogP contribution in [0.25, 0.3) is 33.5 Å². The number of nitrogens with one attached hydrogen (secondary N) is 7. The maximum absolute atomic E-state index is 13.0. The average Bonchev–Trinajstić information content (AvgIpc) is 1.63. The average molecular weight is 1690 g/mol. The van der Waals surface area contributed by atoms with Crippen LogP contribution in [-0.2, 0) is 72.0 Å². The fourth-order valence-corrected chi connectivity index (χ4v) is 13.3. The number of aliphatic hydroxyl groups excluding tert-OH is 6. The number of ketones is 1. The quantitative estimate of drug-likeness (QED) is 0.0197. The number of alkyl carbamates (subject to hydrolysis) is 3. The number of hydrogen-bond donors (Lipinski definition) is 16. The molecule has 0 bridgehead atoms. The largest absolute Gasteiger partial charge is 0.481 e. The van der Waals surface area contributed by atoms with Crippen molar-refractivity contribution in [2.45, 2.75) is 166 Å². The highest BCUT2D eigenvalue weighted by Gasteiger charge is 2.48. The number of primary amides is 2. The summed E-state index contributed by atoms with van der Waals surface area (Å²) in [6, 6.07) is 23.3. The molecule has 43 heteroatoms. The number of hydrogen-bond acceptors (Lipinski definition) is 33. The number of anilines is 3. The number of Topliss-reactive ketones (excluding diaryl/α,β-unsaturated/α-hetero) is 1. The van der Waals surface area contributed by atoms with Crippen molar-refractivity contribution >= 4 is 110 Å². The molecule has 6 aromatic heterocycles.